The molecule has 1 aliphatic carbocycles. The molecule has 78 valence electrons. The van der Waals surface area contributed by atoms with E-state index in [4.69, 9.17) is 5.73 Å². The molecule has 1 aliphatic heterocycles. The topological polar surface area (TPSA) is 75.4 Å². The van der Waals surface area contributed by atoms with E-state index in [1.807, 2.05) is 0 Å². The fourth-order valence-electron chi connectivity index (χ4n) is 1.72. The Labute approximate surface area is 82.6 Å². The van der Waals surface area contributed by atoms with Crippen LogP contribution in [-0.2, 0) is 9.59 Å². The second-order valence-corrected chi connectivity index (χ2v) is 3.93. The highest BCUT2D eigenvalue weighted by Gasteiger charge is 2.42. The Morgan fingerprint density at radius 2 is 2.21 bits per heavy atom. The van der Waals surface area contributed by atoms with E-state index in [1.165, 1.54) is 0 Å². The number of amides is 2. The average Bonchev–Trinajstić information content (AvgIpc) is 2.89. The smallest absolute Gasteiger partial charge is 0.227 e. The first kappa shape index (κ1) is 9.45. The molecule has 0 aromatic heterocycles. The predicted octanol–water partition coefficient (Wildman–Crippen LogP) is -1.32. The Morgan fingerprint density at radius 3 is 2.86 bits per heavy atom. The minimum Gasteiger partial charge on any atom is -0.354 e. The van der Waals surface area contributed by atoms with Crippen LogP contribution in [-0.4, -0.2) is 42.4 Å². The van der Waals surface area contributed by atoms with E-state index in [2.05, 4.69) is 5.32 Å². The minimum atomic E-state index is 0.0169. The summed E-state index contributed by atoms with van der Waals surface area (Å²) < 4.78 is 0. The second-order valence-electron chi connectivity index (χ2n) is 3.93. The van der Waals surface area contributed by atoms with Crippen LogP contribution >= 0.6 is 0 Å². The zero-order chi connectivity index (χ0) is 10.1. The van der Waals surface area contributed by atoms with Gasteiger partial charge < -0.3 is 16.0 Å². The van der Waals surface area contributed by atoms with Crippen molar-refractivity contribution < 1.29 is 9.59 Å². The summed E-state index contributed by atoms with van der Waals surface area (Å²) in [4.78, 5) is 24.5. The first-order valence-electron chi connectivity index (χ1n) is 4.99. The molecule has 2 amide bonds. The zero-order valence-corrected chi connectivity index (χ0v) is 8.03. The number of rotatable bonds is 1. The van der Waals surface area contributed by atoms with Crippen molar-refractivity contribution in [3.05, 3.63) is 0 Å². The summed E-state index contributed by atoms with van der Waals surface area (Å²) in [5, 5.41) is 2.74. The lowest BCUT2D eigenvalue weighted by atomic mass is 10.3. The maximum absolute atomic E-state index is 11.7. The van der Waals surface area contributed by atoms with Crippen LogP contribution in [0, 0.1) is 5.92 Å². The highest BCUT2D eigenvalue weighted by Crippen LogP contribution is 2.29. The Kier molecular flexibility index (Phi) is 2.41. The molecule has 0 bridgehead atoms. The largest absolute Gasteiger partial charge is 0.354 e. The second kappa shape index (κ2) is 3.57. The van der Waals surface area contributed by atoms with E-state index < -0.39 is 0 Å². The molecule has 0 radical (unpaired) electrons. The van der Waals surface area contributed by atoms with Gasteiger partial charge in [-0.1, -0.05) is 0 Å². The number of nitrogens with one attached hydrogen (secondary N) is 1. The van der Waals surface area contributed by atoms with Crippen molar-refractivity contribution in [2.45, 2.75) is 18.9 Å². The Hall–Kier alpha value is -1.10. The molecule has 1 heterocycles. The molecule has 2 unspecified atom stereocenters. The lowest BCUT2D eigenvalue weighted by molar-refractivity contribution is -0.132. The zero-order valence-electron chi connectivity index (χ0n) is 8.03. The highest BCUT2D eigenvalue weighted by molar-refractivity contribution is 5.84. The molecular formula is C9H15N3O2. The molecular weight excluding hydrogens is 182 g/mol. The van der Waals surface area contributed by atoms with E-state index in [0.717, 1.165) is 6.42 Å². The van der Waals surface area contributed by atoms with Gasteiger partial charge in [0, 0.05) is 32.1 Å². The van der Waals surface area contributed by atoms with E-state index in [0.29, 0.717) is 26.1 Å². The third kappa shape index (κ3) is 1.87. The van der Waals surface area contributed by atoms with Gasteiger partial charge in [0.15, 0.2) is 0 Å². The van der Waals surface area contributed by atoms with Gasteiger partial charge in [0.1, 0.15) is 0 Å². The molecule has 1 saturated carbocycles. The van der Waals surface area contributed by atoms with Gasteiger partial charge in [0.2, 0.25) is 11.8 Å². The van der Waals surface area contributed by atoms with Gasteiger partial charge in [0.25, 0.3) is 0 Å². The molecule has 1 saturated heterocycles. The van der Waals surface area contributed by atoms with Gasteiger partial charge in [-0.15, -0.1) is 0 Å². The Bertz CT molecular complexity index is 267. The van der Waals surface area contributed by atoms with Crippen LogP contribution in [0.3, 0.4) is 0 Å². The predicted molar refractivity (Wildman–Crippen MR) is 50.3 cm³/mol. The number of hydrogen-bond donors (Lipinski definition) is 2. The van der Waals surface area contributed by atoms with Crippen LogP contribution in [0.2, 0.25) is 0 Å². The Balaban J connectivity index is 1.90. The highest BCUT2D eigenvalue weighted by atomic mass is 16.2. The van der Waals surface area contributed by atoms with Crippen molar-refractivity contribution in [1.82, 2.24) is 10.2 Å². The lowest BCUT2D eigenvalue weighted by Gasteiger charge is -2.19. The van der Waals surface area contributed by atoms with Crippen molar-refractivity contribution in [3.8, 4) is 0 Å². The van der Waals surface area contributed by atoms with E-state index >= 15 is 0 Å². The SMILES string of the molecule is NC1CC1C(=O)N1CCNC(=O)CC1. The summed E-state index contributed by atoms with van der Waals surface area (Å²) in [5.74, 6) is 0.164. The molecule has 2 atom stereocenters. The van der Waals surface area contributed by atoms with Crippen molar-refractivity contribution in [3.63, 3.8) is 0 Å². The van der Waals surface area contributed by atoms with Gasteiger partial charge in [0.05, 0.1) is 5.92 Å². The fourth-order valence-corrected chi connectivity index (χ4v) is 1.72. The first-order valence-corrected chi connectivity index (χ1v) is 4.99. The maximum atomic E-state index is 11.7. The van der Waals surface area contributed by atoms with E-state index in [1.54, 1.807) is 4.90 Å². The molecule has 0 aromatic carbocycles. The van der Waals surface area contributed by atoms with Gasteiger partial charge in [-0.3, -0.25) is 9.59 Å². The van der Waals surface area contributed by atoms with Crippen LogP contribution in [0.25, 0.3) is 0 Å². The molecule has 5 nitrogen and oxygen atoms in total. The molecule has 3 N–H and O–H groups in total. The molecule has 14 heavy (non-hydrogen) atoms. The van der Waals surface area contributed by atoms with Crippen molar-refractivity contribution in [1.29, 1.82) is 0 Å². The maximum Gasteiger partial charge on any atom is 0.227 e. The first-order chi connectivity index (χ1) is 6.68. The van der Waals surface area contributed by atoms with Crippen LogP contribution in [0.15, 0.2) is 0 Å². The van der Waals surface area contributed by atoms with E-state index in [9.17, 15) is 9.59 Å². The van der Waals surface area contributed by atoms with E-state index in [-0.39, 0.29) is 23.8 Å². The van der Waals surface area contributed by atoms with Gasteiger partial charge in [-0.2, -0.15) is 0 Å². The van der Waals surface area contributed by atoms with Crippen molar-refractivity contribution in [2.24, 2.45) is 11.7 Å². The monoisotopic (exact) mass is 197 g/mol. The number of nitrogens with zero attached hydrogens (tertiary/aromatic N) is 1. The standard InChI is InChI=1S/C9H15N3O2/c10-7-5-6(7)9(14)12-3-1-8(13)11-2-4-12/h6-7H,1-5,10H2,(H,11,13). The van der Waals surface area contributed by atoms with Gasteiger partial charge >= 0.3 is 0 Å². The number of carbonyl (C=O) groups is 2. The summed E-state index contributed by atoms with van der Waals surface area (Å²) >= 11 is 0. The van der Waals surface area contributed by atoms with Crippen LogP contribution in [0.5, 0.6) is 0 Å². The summed E-state index contributed by atoms with van der Waals surface area (Å²) in [7, 11) is 0. The molecule has 2 rings (SSSR count). The quantitative estimate of drug-likeness (QED) is 0.547. The minimum absolute atomic E-state index is 0.0169. The third-order valence-corrected chi connectivity index (χ3v) is 2.78. The summed E-state index contributed by atoms with van der Waals surface area (Å²) in [6, 6.07) is 0.0504. The molecule has 0 spiro atoms. The summed E-state index contributed by atoms with van der Waals surface area (Å²) in [6.07, 6.45) is 1.21. The molecule has 2 fully saturated rings. The normalized spacial score (nSPS) is 32.1. The van der Waals surface area contributed by atoms with Crippen LogP contribution in [0.4, 0.5) is 0 Å². The van der Waals surface area contributed by atoms with Crippen molar-refractivity contribution in [2.75, 3.05) is 19.6 Å². The fraction of sp³-hybridized carbons (Fsp3) is 0.778. The molecule has 2 aliphatic rings. The Morgan fingerprint density at radius 1 is 1.50 bits per heavy atom. The van der Waals surface area contributed by atoms with Crippen LogP contribution < -0.4 is 11.1 Å². The van der Waals surface area contributed by atoms with Gasteiger partial charge in [-0.25, -0.2) is 0 Å². The van der Waals surface area contributed by atoms with Gasteiger partial charge in [-0.05, 0) is 6.42 Å². The third-order valence-electron chi connectivity index (χ3n) is 2.78. The summed E-state index contributed by atoms with van der Waals surface area (Å²) in [6.45, 7) is 1.72. The number of hydrogen-bond acceptors (Lipinski definition) is 3. The molecule has 5 heteroatoms. The van der Waals surface area contributed by atoms with Crippen molar-refractivity contribution >= 4 is 11.8 Å². The summed E-state index contributed by atoms with van der Waals surface area (Å²) in [5.41, 5.74) is 5.61. The lowest BCUT2D eigenvalue weighted by Crippen LogP contribution is -2.36. The van der Waals surface area contributed by atoms with Crippen LogP contribution in [0.1, 0.15) is 12.8 Å². The molecule has 0 aromatic rings. The number of carbonyl (C=O) groups excluding carboxylic acids is 2. The number of nitrogens with two attached hydrogens (primary N) is 1. The average molecular weight is 197 g/mol.